The van der Waals surface area contributed by atoms with Crippen LogP contribution < -0.4 is 0 Å². The zero-order valence-electron chi connectivity index (χ0n) is 8.40. The molecule has 0 amide bonds. The van der Waals surface area contributed by atoms with E-state index < -0.39 is 11.7 Å². The van der Waals surface area contributed by atoms with Gasteiger partial charge in [0.1, 0.15) is 0 Å². The molecule has 0 aromatic heterocycles. The molecule has 0 radical (unpaired) electrons. The maximum Gasteiger partial charge on any atom is 0.202 e. The Kier molecular flexibility index (Phi) is 3.69. The van der Waals surface area contributed by atoms with Crippen LogP contribution in [0.4, 0.5) is 0 Å². The van der Waals surface area contributed by atoms with Gasteiger partial charge >= 0.3 is 0 Å². The Labute approximate surface area is 118 Å². The second-order valence-electron chi connectivity index (χ2n) is 3.76. The molecule has 1 atom stereocenters. The van der Waals surface area contributed by atoms with E-state index in [1.54, 1.807) is 0 Å². The van der Waals surface area contributed by atoms with E-state index >= 15 is 0 Å². The van der Waals surface area contributed by atoms with Gasteiger partial charge in [-0.2, -0.15) is 0 Å². The molecule has 1 aliphatic rings. The molecule has 0 aliphatic heterocycles. The molecule has 1 unspecified atom stereocenters. The van der Waals surface area contributed by atoms with Gasteiger partial charge in [-0.15, -0.1) is 0 Å². The molecule has 17 heavy (non-hydrogen) atoms. The third-order valence-corrected chi connectivity index (χ3v) is 4.75. The summed E-state index contributed by atoms with van der Waals surface area (Å²) < 4.78 is 0. The quantitative estimate of drug-likeness (QED) is 0.357. The van der Waals surface area contributed by atoms with Crippen LogP contribution in [-0.2, 0) is 16.0 Å². The van der Waals surface area contributed by atoms with Gasteiger partial charge in [0.15, 0.2) is 6.29 Å². The highest BCUT2D eigenvalue weighted by Gasteiger charge is 2.34. The third-order valence-electron chi connectivity index (χ3n) is 2.90. The summed E-state index contributed by atoms with van der Waals surface area (Å²) in [7, 11) is 0. The molecule has 90 valence electrons. The summed E-state index contributed by atoms with van der Waals surface area (Å²) in [5, 5.41) is 0.852. The predicted octanol–water partition coefficient (Wildman–Crippen LogP) is 4.10. The van der Waals surface area contributed by atoms with Gasteiger partial charge < -0.3 is 0 Å². The number of hydrogen-bond acceptors (Lipinski definition) is 2. The highest BCUT2D eigenvalue weighted by molar-refractivity contribution is 6.52. The summed E-state index contributed by atoms with van der Waals surface area (Å²) in [5.74, 6) is -1.07. The lowest BCUT2D eigenvalue weighted by atomic mass is 9.97. The van der Waals surface area contributed by atoms with Crippen LogP contribution in [0.5, 0.6) is 0 Å². The summed E-state index contributed by atoms with van der Waals surface area (Å²) in [6.45, 7) is 0. The molecule has 0 saturated carbocycles. The molecule has 1 aromatic rings. The Hall–Kier alpha value is -0.280. The fraction of sp³-hybridized carbons (Fsp3) is 0.273. The van der Waals surface area contributed by atoms with Crippen molar-refractivity contribution in [3.63, 3.8) is 0 Å². The predicted molar refractivity (Wildman–Crippen MR) is 68.6 cm³/mol. The molecular weight excluding hydrogens is 306 g/mol. The molecule has 1 aromatic carbocycles. The standard InChI is InChI=1S/C11H6Cl4O2/c12-8-5-2-1-4(6(17)3-16)7(5)9(13)11(15)10(8)14/h3-4H,1-2H2. The first-order valence-corrected chi connectivity index (χ1v) is 6.34. The van der Waals surface area contributed by atoms with E-state index in [2.05, 4.69) is 0 Å². The molecule has 0 fully saturated rings. The minimum Gasteiger partial charge on any atom is -0.295 e. The molecule has 0 saturated heterocycles. The Morgan fingerprint density at radius 2 is 1.65 bits per heavy atom. The average molecular weight is 312 g/mol. The summed E-state index contributed by atoms with van der Waals surface area (Å²) in [6, 6.07) is 0. The van der Waals surface area contributed by atoms with Crippen molar-refractivity contribution in [2.45, 2.75) is 18.8 Å². The number of benzene rings is 1. The smallest absolute Gasteiger partial charge is 0.202 e. The number of hydrogen-bond donors (Lipinski definition) is 0. The molecular formula is C11H6Cl4O2. The number of carbonyl (C=O) groups is 2. The van der Waals surface area contributed by atoms with Crippen molar-refractivity contribution in [2.75, 3.05) is 0 Å². The van der Waals surface area contributed by atoms with Gasteiger partial charge in [-0.25, -0.2) is 0 Å². The lowest BCUT2D eigenvalue weighted by Crippen LogP contribution is -2.11. The molecule has 0 spiro atoms. The maximum atomic E-state index is 11.5. The first-order valence-electron chi connectivity index (χ1n) is 4.82. The summed E-state index contributed by atoms with van der Waals surface area (Å²) >= 11 is 24.0. The highest BCUT2D eigenvalue weighted by atomic mass is 35.5. The van der Waals surface area contributed by atoms with Gasteiger partial charge in [0, 0.05) is 0 Å². The van der Waals surface area contributed by atoms with E-state index in [0.29, 0.717) is 35.3 Å². The van der Waals surface area contributed by atoms with Crippen LogP contribution in [0, 0.1) is 0 Å². The van der Waals surface area contributed by atoms with E-state index in [1.165, 1.54) is 0 Å². The van der Waals surface area contributed by atoms with Gasteiger partial charge in [-0.1, -0.05) is 46.4 Å². The molecule has 1 aliphatic carbocycles. The molecule has 2 nitrogen and oxygen atoms in total. The summed E-state index contributed by atoms with van der Waals surface area (Å²) in [4.78, 5) is 22.1. The number of ketones is 1. The minimum absolute atomic E-state index is 0.127. The van der Waals surface area contributed by atoms with Crippen LogP contribution in [0.2, 0.25) is 20.1 Å². The topological polar surface area (TPSA) is 34.1 Å². The van der Waals surface area contributed by atoms with Crippen molar-refractivity contribution >= 4 is 58.5 Å². The first kappa shape index (κ1) is 13.2. The number of fused-ring (bicyclic) bond motifs is 1. The van der Waals surface area contributed by atoms with Gasteiger partial charge in [-0.3, -0.25) is 9.59 Å². The molecule has 6 heteroatoms. The SMILES string of the molecule is O=CC(=O)C1CCc2c(Cl)c(Cl)c(Cl)c(Cl)c21. The van der Waals surface area contributed by atoms with Crippen LogP contribution in [0.25, 0.3) is 0 Å². The number of halogens is 4. The maximum absolute atomic E-state index is 11.5. The van der Waals surface area contributed by atoms with Crippen molar-refractivity contribution in [3.05, 3.63) is 31.2 Å². The van der Waals surface area contributed by atoms with Crippen molar-refractivity contribution < 1.29 is 9.59 Å². The Balaban J connectivity index is 2.68. The number of Topliss-reactive ketones (excluding diaryl/α,β-unsaturated/α-hetero) is 1. The second kappa shape index (κ2) is 4.77. The fourth-order valence-corrected chi connectivity index (χ4v) is 3.23. The van der Waals surface area contributed by atoms with Crippen LogP contribution in [0.1, 0.15) is 23.5 Å². The van der Waals surface area contributed by atoms with Gasteiger partial charge in [0.05, 0.1) is 26.0 Å². The van der Waals surface area contributed by atoms with Crippen molar-refractivity contribution in [2.24, 2.45) is 0 Å². The highest BCUT2D eigenvalue weighted by Crippen LogP contribution is 2.48. The Morgan fingerprint density at radius 1 is 1.06 bits per heavy atom. The van der Waals surface area contributed by atoms with Gasteiger partial charge in [0.2, 0.25) is 5.78 Å². The Morgan fingerprint density at radius 3 is 2.24 bits per heavy atom. The van der Waals surface area contributed by atoms with Crippen LogP contribution >= 0.6 is 46.4 Å². The van der Waals surface area contributed by atoms with Gasteiger partial charge in [-0.05, 0) is 24.0 Å². The van der Waals surface area contributed by atoms with Crippen molar-refractivity contribution in [3.8, 4) is 0 Å². The van der Waals surface area contributed by atoms with Crippen LogP contribution in [-0.4, -0.2) is 12.1 Å². The zero-order valence-corrected chi connectivity index (χ0v) is 11.4. The van der Waals surface area contributed by atoms with E-state index in [0.717, 1.165) is 0 Å². The molecule has 0 heterocycles. The number of rotatable bonds is 2. The van der Waals surface area contributed by atoms with Crippen molar-refractivity contribution in [1.82, 2.24) is 0 Å². The molecule has 0 bridgehead atoms. The van der Waals surface area contributed by atoms with E-state index in [1.807, 2.05) is 0 Å². The average Bonchev–Trinajstić information content (AvgIpc) is 2.77. The third kappa shape index (κ3) is 1.97. The first-order chi connectivity index (χ1) is 7.99. The second-order valence-corrected chi connectivity index (χ2v) is 5.27. The van der Waals surface area contributed by atoms with Gasteiger partial charge in [0.25, 0.3) is 0 Å². The fourth-order valence-electron chi connectivity index (χ4n) is 2.10. The van der Waals surface area contributed by atoms with E-state index in [9.17, 15) is 9.59 Å². The summed E-state index contributed by atoms with van der Waals surface area (Å²) in [5.41, 5.74) is 1.26. The van der Waals surface area contributed by atoms with E-state index in [4.69, 9.17) is 46.4 Å². The van der Waals surface area contributed by atoms with Crippen LogP contribution in [0.15, 0.2) is 0 Å². The molecule has 0 N–H and O–H groups in total. The lowest BCUT2D eigenvalue weighted by Gasteiger charge is -2.13. The largest absolute Gasteiger partial charge is 0.295 e. The molecule has 2 rings (SSSR count). The Bertz CT molecular complexity index is 525. The monoisotopic (exact) mass is 310 g/mol. The summed E-state index contributed by atoms with van der Waals surface area (Å²) in [6.07, 6.45) is 1.37. The van der Waals surface area contributed by atoms with E-state index in [-0.39, 0.29) is 15.1 Å². The van der Waals surface area contributed by atoms with Crippen LogP contribution in [0.3, 0.4) is 0 Å². The van der Waals surface area contributed by atoms with Crippen molar-refractivity contribution in [1.29, 1.82) is 0 Å². The zero-order chi connectivity index (χ0) is 12.7. The normalized spacial score (nSPS) is 18.0. The lowest BCUT2D eigenvalue weighted by molar-refractivity contribution is -0.130. The minimum atomic E-state index is -0.553. The number of aldehydes is 1. The number of carbonyl (C=O) groups excluding carboxylic acids is 2.